The van der Waals surface area contributed by atoms with Crippen LogP contribution in [0.4, 0.5) is 0 Å². The molecule has 0 aliphatic carbocycles. The summed E-state index contributed by atoms with van der Waals surface area (Å²) in [6.07, 6.45) is 2.37. The lowest BCUT2D eigenvalue weighted by molar-refractivity contribution is -0.132. The van der Waals surface area contributed by atoms with E-state index in [4.69, 9.17) is 4.74 Å². The molecule has 7 heteroatoms. The Morgan fingerprint density at radius 1 is 1.46 bits per heavy atom. The number of amides is 1. The van der Waals surface area contributed by atoms with E-state index in [2.05, 4.69) is 15.2 Å². The van der Waals surface area contributed by atoms with Crippen LogP contribution in [0.1, 0.15) is 30.0 Å². The van der Waals surface area contributed by atoms with E-state index < -0.39 is 11.6 Å². The maximum absolute atomic E-state index is 12.2. The van der Waals surface area contributed by atoms with Crippen LogP contribution in [-0.4, -0.2) is 52.8 Å². The Morgan fingerprint density at radius 2 is 2.23 bits per heavy atom. The zero-order chi connectivity index (χ0) is 18.6. The van der Waals surface area contributed by atoms with Gasteiger partial charge in [-0.3, -0.25) is 9.69 Å². The van der Waals surface area contributed by atoms with Crippen molar-refractivity contribution < 1.29 is 14.6 Å². The van der Waals surface area contributed by atoms with Gasteiger partial charge in [0, 0.05) is 25.2 Å². The smallest absolute Gasteiger partial charge is 0.246 e. The summed E-state index contributed by atoms with van der Waals surface area (Å²) in [5.41, 5.74) is 0.0512. The molecule has 3 rings (SSSR count). The normalized spacial score (nSPS) is 26.6. The van der Waals surface area contributed by atoms with Crippen molar-refractivity contribution in [3.63, 3.8) is 0 Å². The number of rotatable bonds is 6. The summed E-state index contributed by atoms with van der Waals surface area (Å²) in [5, 5.41) is 17.0. The van der Waals surface area contributed by atoms with Gasteiger partial charge in [-0.15, -0.1) is 11.3 Å². The van der Waals surface area contributed by atoms with Crippen molar-refractivity contribution in [2.75, 3.05) is 20.3 Å². The molecule has 0 saturated carbocycles. The lowest BCUT2D eigenvalue weighted by atomic mass is 9.79. The highest BCUT2D eigenvalue weighted by molar-refractivity contribution is 7.09. The summed E-state index contributed by atoms with van der Waals surface area (Å²) in [6, 6.07) is 9.41. The molecule has 0 bridgehead atoms. The predicted molar refractivity (Wildman–Crippen MR) is 101 cm³/mol. The minimum atomic E-state index is -1.01. The third kappa shape index (κ3) is 4.29. The van der Waals surface area contributed by atoms with Gasteiger partial charge in [0.25, 0.3) is 0 Å². The molecule has 1 saturated heterocycles. The van der Waals surface area contributed by atoms with Gasteiger partial charge in [0.05, 0.1) is 24.2 Å². The number of hydrogen-bond acceptors (Lipinski definition) is 6. The summed E-state index contributed by atoms with van der Waals surface area (Å²) in [7, 11) is 1.49. The number of carbonyl (C=O) groups is 1. The molecule has 2 heterocycles. The summed E-state index contributed by atoms with van der Waals surface area (Å²) in [5.74, 6) is -0.227. The van der Waals surface area contributed by atoms with Gasteiger partial charge in [0.15, 0.2) is 0 Å². The third-order valence-corrected chi connectivity index (χ3v) is 5.60. The Hall–Kier alpha value is -1.80. The Morgan fingerprint density at radius 3 is 2.88 bits per heavy atom. The highest BCUT2D eigenvalue weighted by Gasteiger charge is 2.46. The molecule has 1 aliphatic heterocycles. The van der Waals surface area contributed by atoms with Crippen molar-refractivity contribution in [3.8, 4) is 0 Å². The van der Waals surface area contributed by atoms with E-state index in [9.17, 15) is 9.90 Å². The molecule has 0 radical (unpaired) electrons. The fourth-order valence-corrected chi connectivity index (χ4v) is 4.17. The molecule has 0 spiro atoms. The van der Waals surface area contributed by atoms with Gasteiger partial charge in [-0.25, -0.2) is 4.98 Å². The van der Waals surface area contributed by atoms with E-state index in [-0.39, 0.29) is 18.6 Å². The molecular weight excluding hydrogens is 350 g/mol. The highest BCUT2D eigenvalue weighted by Crippen LogP contribution is 2.38. The first-order chi connectivity index (χ1) is 12.5. The van der Waals surface area contributed by atoms with Crippen LogP contribution in [-0.2, 0) is 16.1 Å². The van der Waals surface area contributed by atoms with Gasteiger partial charge in [-0.1, -0.05) is 30.3 Å². The molecule has 1 fully saturated rings. The fraction of sp³-hybridized carbons (Fsp3) is 0.474. The molecule has 140 valence electrons. The number of nitrogens with zero attached hydrogens (tertiary/aromatic N) is 2. The number of ether oxygens (including phenoxy) is 1. The van der Waals surface area contributed by atoms with Crippen LogP contribution >= 0.6 is 11.3 Å². The zero-order valence-electron chi connectivity index (χ0n) is 15.1. The molecule has 0 unspecified atom stereocenters. The van der Waals surface area contributed by atoms with Gasteiger partial charge in [0.1, 0.15) is 11.6 Å². The van der Waals surface area contributed by atoms with Crippen molar-refractivity contribution >= 4 is 17.2 Å². The number of aliphatic hydroxyl groups is 1. The average molecular weight is 375 g/mol. The minimum Gasteiger partial charge on any atom is -0.388 e. The lowest BCUT2D eigenvalue weighted by Crippen LogP contribution is -2.62. The summed E-state index contributed by atoms with van der Waals surface area (Å²) in [4.78, 5) is 18.9. The Labute approximate surface area is 157 Å². The number of piperidine rings is 1. The maximum Gasteiger partial charge on any atom is 0.246 e. The maximum atomic E-state index is 12.2. The number of benzene rings is 1. The molecule has 2 aromatic rings. The monoisotopic (exact) mass is 375 g/mol. The van der Waals surface area contributed by atoms with Crippen molar-refractivity contribution in [1.29, 1.82) is 0 Å². The molecular formula is C19H25N3O3S. The molecule has 3 atom stereocenters. The Bertz CT molecular complexity index is 706. The van der Waals surface area contributed by atoms with E-state index in [0.717, 1.165) is 17.1 Å². The molecule has 2 N–H and O–H groups in total. The zero-order valence-corrected chi connectivity index (χ0v) is 15.9. The number of nitrogens with one attached hydrogen (secondary N) is 1. The lowest BCUT2D eigenvalue weighted by Gasteiger charge is -2.49. The van der Waals surface area contributed by atoms with Crippen molar-refractivity contribution in [1.82, 2.24) is 15.2 Å². The molecule has 1 aromatic carbocycles. The van der Waals surface area contributed by atoms with Crippen LogP contribution in [0.3, 0.4) is 0 Å². The van der Waals surface area contributed by atoms with Crippen LogP contribution in [0.5, 0.6) is 0 Å². The molecule has 6 nitrogen and oxygen atoms in total. The number of hydrogen-bond donors (Lipinski definition) is 2. The van der Waals surface area contributed by atoms with Crippen molar-refractivity contribution in [2.45, 2.75) is 37.6 Å². The first-order valence-electron chi connectivity index (χ1n) is 8.69. The van der Waals surface area contributed by atoms with Crippen molar-refractivity contribution in [2.24, 2.45) is 0 Å². The second-order valence-corrected chi connectivity index (χ2v) is 7.82. The SMILES string of the molecule is COCC(=O)N[C@H]1[C@H](c2ccccc2)N(Cc2nccs2)CC[C@@]1(C)O. The molecule has 1 amide bonds. The van der Waals surface area contributed by atoms with E-state index >= 15 is 0 Å². The number of thiazole rings is 1. The van der Waals surface area contributed by atoms with Gasteiger partial charge in [-0.2, -0.15) is 0 Å². The second kappa shape index (κ2) is 8.26. The van der Waals surface area contributed by atoms with Crippen LogP contribution < -0.4 is 5.32 Å². The molecule has 1 aromatic heterocycles. The summed E-state index contributed by atoms with van der Waals surface area (Å²) in [6.45, 7) is 3.18. The standard InChI is InChI=1S/C19H25N3O3S/c1-19(24)8-10-22(12-16-20-9-11-26-16)17(14-6-4-3-5-7-14)18(19)21-15(23)13-25-2/h3-7,9,11,17-18,24H,8,10,12-13H2,1-2H3,(H,21,23)/t17-,18-,19+/m0/s1. The Kier molecular flexibility index (Phi) is 6.03. The van der Waals surface area contributed by atoms with Crippen LogP contribution in [0.25, 0.3) is 0 Å². The largest absolute Gasteiger partial charge is 0.388 e. The quantitative estimate of drug-likeness (QED) is 0.807. The topological polar surface area (TPSA) is 74.7 Å². The minimum absolute atomic E-state index is 0.0272. The fourth-order valence-electron chi connectivity index (χ4n) is 3.53. The first-order valence-corrected chi connectivity index (χ1v) is 9.57. The number of carbonyl (C=O) groups excluding carboxylic acids is 1. The Balaban J connectivity index is 1.93. The first kappa shape index (κ1) is 19.0. The molecule has 1 aliphatic rings. The highest BCUT2D eigenvalue weighted by atomic mass is 32.1. The van der Waals surface area contributed by atoms with Crippen molar-refractivity contribution in [3.05, 3.63) is 52.5 Å². The van der Waals surface area contributed by atoms with Crippen LogP contribution in [0.15, 0.2) is 41.9 Å². The van der Waals surface area contributed by atoms with Gasteiger partial charge in [-0.05, 0) is 18.9 Å². The van der Waals surface area contributed by atoms with Gasteiger partial charge < -0.3 is 15.2 Å². The average Bonchev–Trinajstić information content (AvgIpc) is 3.12. The van der Waals surface area contributed by atoms with E-state index in [0.29, 0.717) is 13.0 Å². The second-order valence-electron chi connectivity index (χ2n) is 6.84. The summed E-state index contributed by atoms with van der Waals surface area (Å²) < 4.78 is 4.95. The van der Waals surface area contributed by atoms with Crippen LogP contribution in [0, 0.1) is 0 Å². The van der Waals surface area contributed by atoms with E-state index in [1.807, 2.05) is 35.7 Å². The number of methoxy groups -OCH3 is 1. The summed E-state index contributed by atoms with van der Waals surface area (Å²) >= 11 is 1.61. The van der Waals surface area contributed by atoms with Gasteiger partial charge in [0.2, 0.25) is 5.91 Å². The van der Waals surface area contributed by atoms with E-state index in [1.54, 1.807) is 24.5 Å². The van der Waals surface area contributed by atoms with Gasteiger partial charge >= 0.3 is 0 Å². The van der Waals surface area contributed by atoms with Crippen LogP contribution in [0.2, 0.25) is 0 Å². The molecule has 26 heavy (non-hydrogen) atoms. The number of likely N-dealkylation sites (tertiary alicyclic amines) is 1. The van der Waals surface area contributed by atoms with E-state index in [1.165, 1.54) is 7.11 Å². The number of aromatic nitrogens is 1. The predicted octanol–water partition coefficient (Wildman–Crippen LogP) is 1.97. The third-order valence-electron chi connectivity index (χ3n) is 4.84.